The van der Waals surface area contributed by atoms with Gasteiger partial charge in [0.1, 0.15) is 5.75 Å². The number of benzene rings is 2. The number of hydrogen-bond acceptors (Lipinski definition) is 2. The van der Waals surface area contributed by atoms with Gasteiger partial charge in [-0.2, -0.15) is 0 Å². The molecule has 4 heteroatoms. The summed E-state index contributed by atoms with van der Waals surface area (Å²) in [5, 5.41) is 12.5. The van der Waals surface area contributed by atoms with E-state index in [4.69, 9.17) is 11.6 Å². The van der Waals surface area contributed by atoms with Gasteiger partial charge in [0.05, 0.1) is 11.4 Å². The minimum Gasteiger partial charge on any atom is -0.506 e. The lowest BCUT2D eigenvalue weighted by molar-refractivity contribution is -0.115. The summed E-state index contributed by atoms with van der Waals surface area (Å²) in [5.74, 6) is -0.170. The average molecular weight is 290 g/mol. The summed E-state index contributed by atoms with van der Waals surface area (Å²) in [7, 11) is 0. The number of phenols is 1. The Kier molecular flexibility index (Phi) is 4.30. The largest absolute Gasteiger partial charge is 0.506 e. The Morgan fingerprint density at radius 3 is 2.65 bits per heavy atom. The van der Waals surface area contributed by atoms with E-state index in [2.05, 4.69) is 5.32 Å². The molecule has 1 amide bonds. The van der Waals surface area contributed by atoms with E-state index < -0.39 is 0 Å². The van der Waals surface area contributed by atoms with Crippen LogP contribution in [-0.2, 0) is 11.2 Å². The van der Waals surface area contributed by atoms with Crippen LogP contribution in [0.3, 0.4) is 0 Å². The average Bonchev–Trinajstić information content (AvgIpc) is 2.38. The molecule has 0 saturated heterocycles. The van der Waals surface area contributed by atoms with Gasteiger partial charge in [-0.3, -0.25) is 4.79 Å². The number of hydrogen-bond donors (Lipinski definition) is 2. The highest BCUT2D eigenvalue weighted by Crippen LogP contribution is 2.26. The standard InChI is InChI=1S/C16H16ClNO2/c1-10-3-4-11(2)12(7-10)8-16(20)18-13-5-6-14(17)15(19)9-13/h3-7,9,19H,8H2,1-2H3,(H,18,20). The van der Waals surface area contributed by atoms with E-state index >= 15 is 0 Å². The highest BCUT2D eigenvalue weighted by molar-refractivity contribution is 6.32. The lowest BCUT2D eigenvalue weighted by Crippen LogP contribution is -2.15. The number of nitrogens with one attached hydrogen (secondary N) is 1. The zero-order chi connectivity index (χ0) is 14.7. The maximum Gasteiger partial charge on any atom is 0.228 e. The minimum atomic E-state index is -0.125. The van der Waals surface area contributed by atoms with Gasteiger partial charge in [-0.25, -0.2) is 0 Å². The Morgan fingerprint density at radius 1 is 1.20 bits per heavy atom. The second-order valence-electron chi connectivity index (χ2n) is 4.82. The van der Waals surface area contributed by atoms with Gasteiger partial charge >= 0.3 is 0 Å². The van der Waals surface area contributed by atoms with Crippen molar-refractivity contribution in [1.29, 1.82) is 0 Å². The van der Waals surface area contributed by atoms with Gasteiger partial charge in [-0.05, 0) is 37.1 Å². The lowest BCUT2D eigenvalue weighted by Gasteiger charge is -2.09. The molecule has 0 saturated carbocycles. The van der Waals surface area contributed by atoms with Crippen LogP contribution in [0.2, 0.25) is 5.02 Å². The fourth-order valence-electron chi connectivity index (χ4n) is 1.96. The molecule has 0 heterocycles. The maximum atomic E-state index is 12.0. The van der Waals surface area contributed by atoms with Crippen molar-refractivity contribution >= 4 is 23.2 Å². The van der Waals surface area contributed by atoms with Gasteiger partial charge < -0.3 is 10.4 Å². The fraction of sp³-hybridized carbons (Fsp3) is 0.188. The molecular formula is C16H16ClNO2. The number of halogens is 1. The predicted molar refractivity (Wildman–Crippen MR) is 81.4 cm³/mol. The van der Waals surface area contributed by atoms with Crippen LogP contribution in [0.15, 0.2) is 36.4 Å². The molecular weight excluding hydrogens is 274 g/mol. The molecule has 20 heavy (non-hydrogen) atoms. The van der Waals surface area contributed by atoms with Crippen molar-refractivity contribution < 1.29 is 9.90 Å². The third kappa shape index (κ3) is 3.52. The molecule has 2 N–H and O–H groups in total. The first kappa shape index (κ1) is 14.4. The van der Waals surface area contributed by atoms with E-state index in [1.807, 2.05) is 32.0 Å². The van der Waals surface area contributed by atoms with Gasteiger partial charge in [0.2, 0.25) is 5.91 Å². The Labute approximate surface area is 123 Å². The SMILES string of the molecule is Cc1ccc(C)c(CC(=O)Nc2ccc(Cl)c(O)c2)c1. The van der Waals surface area contributed by atoms with Gasteiger partial charge in [0.15, 0.2) is 0 Å². The van der Waals surface area contributed by atoms with E-state index in [9.17, 15) is 9.90 Å². The number of carbonyl (C=O) groups is 1. The number of aromatic hydroxyl groups is 1. The second-order valence-corrected chi connectivity index (χ2v) is 5.23. The quantitative estimate of drug-likeness (QED) is 0.902. The van der Waals surface area contributed by atoms with Gasteiger partial charge in [-0.1, -0.05) is 35.4 Å². The van der Waals surface area contributed by atoms with Crippen LogP contribution in [-0.4, -0.2) is 11.0 Å². The molecule has 0 aromatic heterocycles. The van der Waals surface area contributed by atoms with E-state index in [0.717, 1.165) is 16.7 Å². The molecule has 2 rings (SSSR count). The summed E-state index contributed by atoms with van der Waals surface area (Å²) < 4.78 is 0. The fourth-order valence-corrected chi connectivity index (χ4v) is 2.08. The first-order valence-corrected chi connectivity index (χ1v) is 6.68. The third-order valence-corrected chi connectivity index (χ3v) is 3.41. The normalized spacial score (nSPS) is 10.3. The van der Waals surface area contributed by atoms with Gasteiger partial charge in [-0.15, -0.1) is 0 Å². The second kappa shape index (κ2) is 5.97. The summed E-state index contributed by atoms with van der Waals surface area (Å²) in [6, 6.07) is 10.7. The number of amides is 1. The predicted octanol–water partition coefficient (Wildman–Crippen LogP) is 3.84. The van der Waals surface area contributed by atoms with Crippen LogP contribution >= 0.6 is 11.6 Å². The molecule has 0 radical (unpaired) electrons. The van der Waals surface area contributed by atoms with E-state index in [1.54, 1.807) is 12.1 Å². The highest BCUT2D eigenvalue weighted by atomic mass is 35.5. The van der Waals surface area contributed by atoms with Gasteiger partial charge in [0.25, 0.3) is 0 Å². The molecule has 3 nitrogen and oxygen atoms in total. The van der Waals surface area contributed by atoms with Crippen molar-refractivity contribution in [2.45, 2.75) is 20.3 Å². The van der Waals surface area contributed by atoms with E-state index in [-0.39, 0.29) is 16.7 Å². The summed E-state index contributed by atoms with van der Waals surface area (Å²) >= 11 is 5.72. The van der Waals surface area contributed by atoms with Crippen LogP contribution in [0.25, 0.3) is 0 Å². The maximum absolute atomic E-state index is 12.0. The topological polar surface area (TPSA) is 49.3 Å². The van der Waals surface area contributed by atoms with Crippen molar-refractivity contribution in [3.8, 4) is 5.75 Å². The molecule has 0 unspecified atom stereocenters. The van der Waals surface area contributed by atoms with Crippen molar-refractivity contribution in [3.05, 3.63) is 58.1 Å². The molecule has 0 bridgehead atoms. The van der Waals surface area contributed by atoms with Crippen molar-refractivity contribution in [3.63, 3.8) is 0 Å². The van der Waals surface area contributed by atoms with Gasteiger partial charge in [0, 0.05) is 11.8 Å². The zero-order valence-corrected chi connectivity index (χ0v) is 12.2. The molecule has 2 aromatic rings. The van der Waals surface area contributed by atoms with Crippen molar-refractivity contribution in [1.82, 2.24) is 0 Å². The minimum absolute atomic E-state index is 0.0452. The zero-order valence-electron chi connectivity index (χ0n) is 11.4. The number of carbonyl (C=O) groups excluding carboxylic acids is 1. The summed E-state index contributed by atoms with van der Waals surface area (Å²) in [5.41, 5.74) is 3.75. The molecule has 104 valence electrons. The monoisotopic (exact) mass is 289 g/mol. The summed E-state index contributed by atoms with van der Waals surface area (Å²) in [4.78, 5) is 12.0. The lowest BCUT2D eigenvalue weighted by atomic mass is 10.0. The molecule has 2 aromatic carbocycles. The molecule has 0 spiro atoms. The van der Waals surface area contributed by atoms with Crippen molar-refractivity contribution in [2.24, 2.45) is 0 Å². The summed E-state index contributed by atoms with van der Waals surface area (Å²) in [6.07, 6.45) is 0.302. The molecule has 0 aliphatic rings. The van der Waals surface area contributed by atoms with Crippen LogP contribution in [0.5, 0.6) is 5.75 Å². The number of rotatable bonds is 3. The van der Waals surface area contributed by atoms with Crippen LogP contribution in [0, 0.1) is 13.8 Å². The van der Waals surface area contributed by atoms with Crippen LogP contribution in [0.1, 0.15) is 16.7 Å². The first-order chi connectivity index (χ1) is 9.45. The third-order valence-electron chi connectivity index (χ3n) is 3.09. The van der Waals surface area contributed by atoms with Crippen LogP contribution < -0.4 is 5.32 Å². The number of anilines is 1. The number of aryl methyl sites for hydroxylation is 2. The van der Waals surface area contributed by atoms with Crippen molar-refractivity contribution in [2.75, 3.05) is 5.32 Å². The molecule has 0 atom stereocenters. The molecule has 0 aliphatic heterocycles. The Morgan fingerprint density at radius 2 is 1.95 bits per heavy atom. The van der Waals surface area contributed by atoms with Crippen LogP contribution in [0.4, 0.5) is 5.69 Å². The van der Waals surface area contributed by atoms with E-state index in [0.29, 0.717) is 12.1 Å². The Balaban J connectivity index is 2.09. The molecule has 0 aliphatic carbocycles. The number of phenolic OH excluding ortho intramolecular Hbond substituents is 1. The smallest absolute Gasteiger partial charge is 0.228 e. The summed E-state index contributed by atoms with van der Waals surface area (Å²) in [6.45, 7) is 3.98. The first-order valence-electron chi connectivity index (χ1n) is 6.30. The Hall–Kier alpha value is -2.00. The molecule has 0 fully saturated rings. The van der Waals surface area contributed by atoms with E-state index in [1.165, 1.54) is 6.07 Å². The highest BCUT2D eigenvalue weighted by Gasteiger charge is 2.08. The Bertz CT molecular complexity index is 653.